The normalized spacial score (nSPS) is 10.4. The molecule has 162 valence electrons. The number of amides is 3. The molecule has 0 aliphatic rings. The highest BCUT2D eigenvalue weighted by atomic mass is 32.1. The number of benzene rings is 1. The Labute approximate surface area is 180 Å². The molecule has 2 N–H and O–H groups in total. The van der Waals surface area contributed by atoms with Crippen LogP contribution in [-0.4, -0.2) is 31.1 Å². The quantitative estimate of drug-likeness (QED) is 0.540. The van der Waals surface area contributed by atoms with Crippen LogP contribution < -0.4 is 15.4 Å². The van der Waals surface area contributed by atoms with E-state index in [1.807, 2.05) is 6.92 Å². The summed E-state index contributed by atoms with van der Waals surface area (Å²) in [7, 11) is 0. The molecule has 0 bridgehead atoms. The van der Waals surface area contributed by atoms with Crippen LogP contribution in [0.4, 0.5) is 9.80 Å². The van der Waals surface area contributed by atoms with Crippen LogP contribution in [0.1, 0.15) is 64.3 Å². The Bertz CT molecular complexity index is 890. The van der Waals surface area contributed by atoms with Gasteiger partial charge in [-0.05, 0) is 57.0 Å². The number of rotatable bonds is 9. The van der Waals surface area contributed by atoms with Gasteiger partial charge >= 0.3 is 6.09 Å². The van der Waals surface area contributed by atoms with Crippen molar-refractivity contribution in [3.05, 3.63) is 45.8 Å². The SMILES string of the molecule is CCCCCOc1ccc(C(=O)Nc2sc(C)c(C)c2C(=O)NC(=O)OCC)cc1. The number of unbranched alkanes of at least 4 members (excludes halogenated alkanes) is 2. The summed E-state index contributed by atoms with van der Waals surface area (Å²) in [6, 6.07) is 6.85. The van der Waals surface area contributed by atoms with Crippen LogP contribution in [0.25, 0.3) is 0 Å². The van der Waals surface area contributed by atoms with Gasteiger partial charge in [0.05, 0.1) is 18.8 Å². The third-order valence-corrected chi connectivity index (χ3v) is 5.59. The second-order valence-electron chi connectivity index (χ2n) is 6.70. The number of anilines is 1. The molecule has 7 nitrogen and oxygen atoms in total. The minimum atomic E-state index is -0.822. The Kier molecular flexibility index (Phi) is 8.86. The molecule has 0 spiro atoms. The molecule has 1 aromatic carbocycles. The van der Waals surface area contributed by atoms with Crippen molar-refractivity contribution in [3.8, 4) is 5.75 Å². The second-order valence-corrected chi connectivity index (χ2v) is 7.92. The van der Waals surface area contributed by atoms with E-state index in [1.165, 1.54) is 11.3 Å². The van der Waals surface area contributed by atoms with Gasteiger partial charge in [-0.25, -0.2) is 4.79 Å². The van der Waals surface area contributed by atoms with Crippen molar-refractivity contribution in [2.75, 3.05) is 18.5 Å². The molecule has 0 aliphatic heterocycles. The van der Waals surface area contributed by atoms with E-state index in [0.717, 1.165) is 24.1 Å². The van der Waals surface area contributed by atoms with E-state index < -0.39 is 12.0 Å². The Balaban J connectivity index is 2.08. The largest absolute Gasteiger partial charge is 0.494 e. The van der Waals surface area contributed by atoms with E-state index in [4.69, 9.17) is 9.47 Å². The summed E-state index contributed by atoms with van der Waals surface area (Å²) in [5.41, 5.74) is 1.40. The predicted octanol–water partition coefficient (Wildman–Crippen LogP) is 5.07. The standard InChI is InChI=1S/C22H28N2O5S/c1-5-7-8-13-29-17-11-9-16(10-12-17)19(25)23-21-18(14(3)15(4)30-21)20(26)24-22(27)28-6-2/h9-12H,5-8,13H2,1-4H3,(H,23,25)(H,24,26,27). The maximum Gasteiger partial charge on any atom is 0.414 e. The van der Waals surface area contributed by atoms with Crippen LogP contribution in [-0.2, 0) is 4.74 Å². The zero-order valence-electron chi connectivity index (χ0n) is 17.8. The van der Waals surface area contributed by atoms with Gasteiger partial charge in [-0.1, -0.05) is 19.8 Å². The number of aryl methyl sites for hydroxylation is 1. The van der Waals surface area contributed by atoms with Crippen molar-refractivity contribution < 1.29 is 23.9 Å². The van der Waals surface area contributed by atoms with Crippen molar-refractivity contribution in [2.24, 2.45) is 0 Å². The van der Waals surface area contributed by atoms with Crippen LogP contribution >= 0.6 is 11.3 Å². The lowest BCUT2D eigenvalue weighted by Gasteiger charge is -2.09. The molecule has 0 radical (unpaired) electrons. The summed E-state index contributed by atoms with van der Waals surface area (Å²) in [4.78, 5) is 37.7. The molecule has 1 aromatic heterocycles. The number of hydrogen-bond acceptors (Lipinski definition) is 6. The highest BCUT2D eigenvalue weighted by Crippen LogP contribution is 2.32. The van der Waals surface area contributed by atoms with Gasteiger partial charge in [-0.3, -0.25) is 14.9 Å². The summed E-state index contributed by atoms with van der Waals surface area (Å²) in [6.07, 6.45) is 2.42. The first-order chi connectivity index (χ1) is 14.4. The molecule has 0 unspecified atom stereocenters. The lowest BCUT2D eigenvalue weighted by atomic mass is 10.1. The highest BCUT2D eigenvalue weighted by molar-refractivity contribution is 7.16. The first-order valence-corrected chi connectivity index (χ1v) is 10.8. The number of nitrogens with one attached hydrogen (secondary N) is 2. The maximum atomic E-state index is 12.7. The monoisotopic (exact) mass is 432 g/mol. The number of thiophene rings is 1. The first kappa shape index (κ1) is 23.4. The molecular formula is C22H28N2O5S. The van der Waals surface area contributed by atoms with Gasteiger partial charge in [0.1, 0.15) is 10.8 Å². The third-order valence-electron chi connectivity index (χ3n) is 4.46. The van der Waals surface area contributed by atoms with Gasteiger partial charge in [0.15, 0.2) is 0 Å². The van der Waals surface area contributed by atoms with E-state index in [9.17, 15) is 14.4 Å². The molecule has 30 heavy (non-hydrogen) atoms. The molecule has 1 heterocycles. The zero-order valence-corrected chi connectivity index (χ0v) is 18.6. The summed E-state index contributed by atoms with van der Waals surface area (Å²) < 4.78 is 10.4. The topological polar surface area (TPSA) is 93.7 Å². The second kappa shape index (κ2) is 11.3. The zero-order chi connectivity index (χ0) is 22.1. The fourth-order valence-corrected chi connectivity index (χ4v) is 3.78. The summed E-state index contributed by atoms with van der Waals surface area (Å²) in [5, 5.41) is 5.35. The number of alkyl carbamates (subject to hydrolysis) is 1. The van der Waals surface area contributed by atoms with Crippen LogP contribution in [0.5, 0.6) is 5.75 Å². The van der Waals surface area contributed by atoms with Crippen LogP contribution in [0.2, 0.25) is 0 Å². The van der Waals surface area contributed by atoms with Gasteiger partial charge in [-0.15, -0.1) is 11.3 Å². The number of hydrogen-bond donors (Lipinski definition) is 2. The molecule has 0 fully saturated rings. The predicted molar refractivity (Wildman–Crippen MR) is 118 cm³/mol. The molecule has 2 rings (SSSR count). The molecule has 0 saturated heterocycles. The molecule has 0 aliphatic carbocycles. The van der Waals surface area contributed by atoms with Crippen LogP contribution in [0, 0.1) is 13.8 Å². The molecular weight excluding hydrogens is 404 g/mol. The van der Waals surface area contributed by atoms with Crippen molar-refractivity contribution in [2.45, 2.75) is 47.0 Å². The smallest absolute Gasteiger partial charge is 0.414 e. The minimum Gasteiger partial charge on any atom is -0.494 e. The van der Waals surface area contributed by atoms with E-state index in [1.54, 1.807) is 38.1 Å². The Morgan fingerprint density at radius 3 is 2.33 bits per heavy atom. The Morgan fingerprint density at radius 2 is 1.70 bits per heavy atom. The van der Waals surface area contributed by atoms with Crippen molar-refractivity contribution in [3.63, 3.8) is 0 Å². The van der Waals surface area contributed by atoms with E-state index >= 15 is 0 Å². The summed E-state index contributed by atoms with van der Waals surface area (Å²) in [6.45, 7) is 8.20. The Morgan fingerprint density at radius 1 is 1.00 bits per heavy atom. The average molecular weight is 433 g/mol. The summed E-state index contributed by atoms with van der Waals surface area (Å²) >= 11 is 1.28. The molecule has 8 heteroatoms. The average Bonchev–Trinajstić information content (AvgIpc) is 2.99. The molecule has 0 saturated carbocycles. The number of ether oxygens (including phenoxy) is 2. The summed E-state index contributed by atoms with van der Waals surface area (Å²) in [5.74, 6) is -0.250. The molecule has 3 amide bonds. The van der Waals surface area contributed by atoms with Gasteiger partial charge in [0.25, 0.3) is 11.8 Å². The fourth-order valence-electron chi connectivity index (χ4n) is 2.73. The van der Waals surface area contributed by atoms with E-state index in [0.29, 0.717) is 28.5 Å². The number of carbonyl (C=O) groups is 3. The van der Waals surface area contributed by atoms with E-state index in [-0.39, 0.29) is 18.1 Å². The lowest BCUT2D eigenvalue weighted by molar-refractivity contribution is 0.0925. The van der Waals surface area contributed by atoms with Crippen LogP contribution in [0.3, 0.4) is 0 Å². The van der Waals surface area contributed by atoms with Crippen LogP contribution in [0.15, 0.2) is 24.3 Å². The maximum absolute atomic E-state index is 12.7. The molecule has 0 atom stereocenters. The first-order valence-electron chi connectivity index (χ1n) is 9.99. The van der Waals surface area contributed by atoms with E-state index in [2.05, 4.69) is 17.6 Å². The van der Waals surface area contributed by atoms with Gasteiger partial charge < -0.3 is 14.8 Å². The van der Waals surface area contributed by atoms with Crippen molar-refractivity contribution in [1.29, 1.82) is 0 Å². The highest BCUT2D eigenvalue weighted by Gasteiger charge is 2.23. The fraction of sp³-hybridized carbons (Fsp3) is 0.409. The number of carbonyl (C=O) groups excluding carboxylic acids is 3. The van der Waals surface area contributed by atoms with Gasteiger partial charge in [-0.2, -0.15) is 0 Å². The Hall–Kier alpha value is -2.87. The van der Waals surface area contributed by atoms with Crippen molar-refractivity contribution in [1.82, 2.24) is 5.32 Å². The van der Waals surface area contributed by atoms with Crippen molar-refractivity contribution >= 4 is 34.2 Å². The third kappa shape index (κ3) is 6.32. The number of imide groups is 1. The molecule has 2 aromatic rings. The minimum absolute atomic E-state index is 0.155. The van der Waals surface area contributed by atoms with Gasteiger partial charge in [0.2, 0.25) is 0 Å². The lowest BCUT2D eigenvalue weighted by Crippen LogP contribution is -2.31. The van der Waals surface area contributed by atoms with Gasteiger partial charge in [0, 0.05) is 10.4 Å².